The van der Waals surface area contributed by atoms with Crippen LogP contribution in [0.1, 0.15) is 76.2 Å². The van der Waals surface area contributed by atoms with Crippen molar-refractivity contribution in [1.29, 1.82) is 0 Å². The van der Waals surface area contributed by atoms with Crippen LogP contribution in [0.15, 0.2) is 54.6 Å². The summed E-state index contributed by atoms with van der Waals surface area (Å²) in [7, 11) is 0. The number of benzene rings is 2. The van der Waals surface area contributed by atoms with Crippen molar-refractivity contribution in [1.82, 2.24) is 9.97 Å². The van der Waals surface area contributed by atoms with E-state index in [0.717, 1.165) is 47.6 Å². The lowest BCUT2D eigenvalue weighted by Gasteiger charge is -2.11. The zero-order valence-electron chi connectivity index (χ0n) is 17.9. The largest absolute Gasteiger partial charge is 0.233 e. The third-order valence-electron chi connectivity index (χ3n) is 5.27. The zero-order valence-corrected chi connectivity index (χ0v) is 17.9. The van der Waals surface area contributed by atoms with Gasteiger partial charge in [0.25, 0.3) is 0 Å². The van der Waals surface area contributed by atoms with Gasteiger partial charge in [-0.1, -0.05) is 89.6 Å². The molecule has 2 aromatic carbocycles. The van der Waals surface area contributed by atoms with Crippen molar-refractivity contribution in [2.75, 3.05) is 0 Å². The predicted octanol–water partition coefficient (Wildman–Crippen LogP) is 7.40. The van der Waals surface area contributed by atoms with Gasteiger partial charge in [-0.2, -0.15) is 0 Å². The maximum Gasteiger partial charge on any atom is 0.129 e. The van der Waals surface area contributed by atoms with Crippen LogP contribution in [0.3, 0.4) is 0 Å². The van der Waals surface area contributed by atoms with Gasteiger partial charge in [0.2, 0.25) is 0 Å². The van der Waals surface area contributed by atoms with E-state index in [0.29, 0.717) is 11.8 Å². The van der Waals surface area contributed by atoms with Crippen LogP contribution in [0.25, 0.3) is 22.5 Å². The molecule has 2 heteroatoms. The normalized spacial score (nSPS) is 11.4. The number of nitrogens with zero attached hydrogens (tertiary/aromatic N) is 2. The van der Waals surface area contributed by atoms with E-state index in [2.05, 4.69) is 89.2 Å². The van der Waals surface area contributed by atoms with E-state index in [1.54, 1.807) is 0 Å². The standard InChI is InChI=1S/C26H32N2/c1-6-7-8-26-27-24(22-13-9-20(10-14-22)18(2)3)17-25(28-26)23-15-11-21(12-16-23)19(4)5/h9-19H,6-8H2,1-5H3. The average Bonchev–Trinajstić information content (AvgIpc) is 2.72. The van der Waals surface area contributed by atoms with E-state index in [-0.39, 0.29) is 0 Å². The molecule has 146 valence electrons. The Bertz CT molecular complexity index is 821. The predicted molar refractivity (Wildman–Crippen MR) is 120 cm³/mol. The summed E-state index contributed by atoms with van der Waals surface area (Å²) in [6, 6.07) is 19.7. The average molecular weight is 373 g/mol. The highest BCUT2D eigenvalue weighted by Crippen LogP contribution is 2.27. The molecule has 0 spiro atoms. The summed E-state index contributed by atoms with van der Waals surface area (Å²) < 4.78 is 0. The summed E-state index contributed by atoms with van der Waals surface area (Å²) in [6.07, 6.45) is 3.18. The van der Waals surface area contributed by atoms with Crippen molar-refractivity contribution >= 4 is 0 Å². The molecular weight excluding hydrogens is 340 g/mol. The van der Waals surface area contributed by atoms with Gasteiger partial charge in [-0.25, -0.2) is 9.97 Å². The quantitative estimate of drug-likeness (QED) is 0.432. The first-order valence-electron chi connectivity index (χ1n) is 10.6. The lowest BCUT2D eigenvalue weighted by molar-refractivity contribution is 0.754. The second-order valence-electron chi connectivity index (χ2n) is 8.21. The molecule has 0 fully saturated rings. The molecule has 28 heavy (non-hydrogen) atoms. The summed E-state index contributed by atoms with van der Waals surface area (Å²) in [5, 5.41) is 0. The Hall–Kier alpha value is -2.48. The zero-order chi connectivity index (χ0) is 20.1. The maximum absolute atomic E-state index is 4.88. The summed E-state index contributed by atoms with van der Waals surface area (Å²) in [5.74, 6) is 2.01. The van der Waals surface area contributed by atoms with Crippen LogP contribution in [-0.4, -0.2) is 9.97 Å². The highest BCUT2D eigenvalue weighted by molar-refractivity contribution is 5.68. The lowest BCUT2D eigenvalue weighted by atomic mass is 9.99. The third-order valence-corrected chi connectivity index (χ3v) is 5.27. The van der Waals surface area contributed by atoms with Gasteiger partial charge in [0.1, 0.15) is 5.82 Å². The molecule has 0 radical (unpaired) electrons. The number of unbranched alkanes of at least 4 members (excludes halogenated alkanes) is 1. The summed E-state index contributed by atoms with van der Waals surface area (Å²) in [5.41, 5.74) is 7.05. The van der Waals surface area contributed by atoms with Crippen molar-refractivity contribution < 1.29 is 0 Å². The van der Waals surface area contributed by atoms with Gasteiger partial charge in [0.15, 0.2) is 0 Å². The molecule has 0 aliphatic rings. The Morgan fingerprint density at radius 1 is 0.679 bits per heavy atom. The van der Waals surface area contributed by atoms with Gasteiger partial charge in [-0.05, 0) is 35.4 Å². The Labute approximate surface area is 170 Å². The molecule has 0 N–H and O–H groups in total. The molecule has 1 heterocycles. The minimum absolute atomic E-state index is 0.537. The minimum Gasteiger partial charge on any atom is -0.233 e. The summed E-state index contributed by atoms with van der Waals surface area (Å²) in [4.78, 5) is 9.75. The topological polar surface area (TPSA) is 25.8 Å². The van der Waals surface area contributed by atoms with Crippen LogP contribution in [0, 0.1) is 0 Å². The fourth-order valence-corrected chi connectivity index (χ4v) is 3.32. The minimum atomic E-state index is 0.537. The van der Waals surface area contributed by atoms with Crippen LogP contribution in [0.2, 0.25) is 0 Å². The molecule has 0 amide bonds. The van der Waals surface area contributed by atoms with Crippen molar-refractivity contribution in [2.24, 2.45) is 0 Å². The van der Waals surface area contributed by atoms with Crippen molar-refractivity contribution in [2.45, 2.75) is 65.7 Å². The van der Waals surface area contributed by atoms with E-state index in [9.17, 15) is 0 Å². The highest BCUT2D eigenvalue weighted by atomic mass is 14.9. The Balaban J connectivity index is 2.01. The Morgan fingerprint density at radius 2 is 1.11 bits per heavy atom. The highest BCUT2D eigenvalue weighted by Gasteiger charge is 2.10. The first kappa shape index (κ1) is 20.3. The molecular formula is C26H32N2. The smallest absolute Gasteiger partial charge is 0.129 e. The van der Waals surface area contributed by atoms with Gasteiger partial charge in [-0.3, -0.25) is 0 Å². The molecule has 0 saturated carbocycles. The van der Waals surface area contributed by atoms with Gasteiger partial charge >= 0.3 is 0 Å². The third kappa shape index (κ3) is 4.86. The fraction of sp³-hybridized carbons (Fsp3) is 0.385. The van der Waals surface area contributed by atoms with E-state index < -0.39 is 0 Å². The molecule has 0 aliphatic carbocycles. The van der Waals surface area contributed by atoms with E-state index in [1.807, 2.05) is 0 Å². The van der Waals surface area contributed by atoms with E-state index >= 15 is 0 Å². The number of aromatic nitrogens is 2. The van der Waals surface area contributed by atoms with Gasteiger partial charge in [0, 0.05) is 17.5 Å². The van der Waals surface area contributed by atoms with Crippen LogP contribution < -0.4 is 0 Å². The molecule has 0 saturated heterocycles. The fourth-order valence-electron chi connectivity index (χ4n) is 3.32. The second kappa shape index (κ2) is 9.14. The number of hydrogen-bond acceptors (Lipinski definition) is 2. The van der Waals surface area contributed by atoms with Crippen molar-refractivity contribution in [3.05, 3.63) is 71.5 Å². The first-order valence-corrected chi connectivity index (χ1v) is 10.6. The SMILES string of the molecule is CCCCc1nc(-c2ccc(C(C)C)cc2)cc(-c2ccc(C(C)C)cc2)n1. The first-order chi connectivity index (χ1) is 13.5. The summed E-state index contributed by atoms with van der Waals surface area (Å²) in [6.45, 7) is 11.1. The molecule has 0 atom stereocenters. The van der Waals surface area contributed by atoms with Crippen LogP contribution in [-0.2, 0) is 6.42 Å². The molecule has 0 unspecified atom stereocenters. The maximum atomic E-state index is 4.88. The van der Waals surface area contributed by atoms with E-state index in [1.165, 1.54) is 11.1 Å². The second-order valence-corrected chi connectivity index (χ2v) is 8.21. The van der Waals surface area contributed by atoms with Gasteiger partial charge in [-0.15, -0.1) is 0 Å². The monoisotopic (exact) mass is 372 g/mol. The van der Waals surface area contributed by atoms with Crippen molar-refractivity contribution in [3.8, 4) is 22.5 Å². The number of hydrogen-bond donors (Lipinski definition) is 0. The Kier molecular flexibility index (Phi) is 6.61. The van der Waals surface area contributed by atoms with E-state index in [4.69, 9.17) is 9.97 Å². The van der Waals surface area contributed by atoms with Crippen LogP contribution in [0.4, 0.5) is 0 Å². The number of rotatable bonds is 7. The molecule has 1 aromatic heterocycles. The Morgan fingerprint density at radius 3 is 1.46 bits per heavy atom. The number of aryl methyl sites for hydroxylation is 1. The lowest BCUT2D eigenvalue weighted by Crippen LogP contribution is -2.00. The molecule has 0 aliphatic heterocycles. The molecule has 2 nitrogen and oxygen atoms in total. The van der Waals surface area contributed by atoms with Crippen LogP contribution in [0.5, 0.6) is 0 Å². The van der Waals surface area contributed by atoms with Gasteiger partial charge < -0.3 is 0 Å². The van der Waals surface area contributed by atoms with Crippen molar-refractivity contribution in [3.63, 3.8) is 0 Å². The summed E-state index contributed by atoms with van der Waals surface area (Å²) >= 11 is 0. The molecule has 3 aromatic rings. The van der Waals surface area contributed by atoms with Gasteiger partial charge in [0.05, 0.1) is 11.4 Å². The molecule has 0 bridgehead atoms. The molecule has 3 rings (SSSR count). The van der Waals surface area contributed by atoms with Crippen LogP contribution >= 0.6 is 0 Å².